The van der Waals surface area contributed by atoms with Gasteiger partial charge >= 0.3 is 0 Å². The second-order valence-electron chi connectivity index (χ2n) is 2.43. The number of fused-ring (bicyclic) bond motifs is 1. The number of nitrogens with zero attached hydrogens (tertiary/aromatic N) is 2. The minimum Gasteiger partial charge on any atom is -0.384 e. The van der Waals surface area contributed by atoms with Crippen molar-refractivity contribution in [2.24, 2.45) is 0 Å². The molecule has 0 aromatic carbocycles. The third kappa shape index (κ3) is 1.83. The Balaban J connectivity index is 0.000000605. The molecule has 70 valence electrons. The number of nitrogen functional groups attached to an aromatic ring is 1. The van der Waals surface area contributed by atoms with E-state index in [0.29, 0.717) is 0 Å². The summed E-state index contributed by atoms with van der Waals surface area (Å²) in [5, 5.41) is 3.22. The van der Waals surface area contributed by atoms with Gasteiger partial charge in [-0.15, -0.1) is 24.8 Å². The van der Waals surface area contributed by atoms with Crippen LogP contribution in [-0.2, 0) is 13.1 Å². The highest BCUT2D eigenvalue weighted by Crippen LogP contribution is 2.08. The number of imidazole rings is 1. The number of nitrogens with one attached hydrogen (secondary N) is 1. The molecule has 12 heavy (non-hydrogen) atoms. The molecule has 0 radical (unpaired) electrons. The zero-order valence-electron chi connectivity index (χ0n) is 6.49. The maximum atomic E-state index is 5.63. The van der Waals surface area contributed by atoms with Crippen molar-refractivity contribution in [1.29, 1.82) is 0 Å². The molecule has 0 spiro atoms. The molecule has 2 heterocycles. The van der Waals surface area contributed by atoms with Crippen LogP contribution in [0.3, 0.4) is 0 Å². The molecule has 6 heteroatoms. The third-order valence-electron chi connectivity index (χ3n) is 1.76. The Labute approximate surface area is 83.4 Å². The number of anilines is 1. The average Bonchev–Trinajstić information content (AvgIpc) is 2.34. The number of hydrogen-bond acceptors (Lipinski definition) is 3. The van der Waals surface area contributed by atoms with Crippen LogP contribution in [0.4, 0.5) is 5.82 Å². The Bertz CT molecular complexity index is 248. The maximum absolute atomic E-state index is 5.63. The largest absolute Gasteiger partial charge is 0.384 e. The fourth-order valence-corrected chi connectivity index (χ4v) is 1.22. The average molecular weight is 211 g/mol. The van der Waals surface area contributed by atoms with Gasteiger partial charge in [0, 0.05) is 13.1 Å². The molecule has 0 fully saturated rings. The zero-order valence-corrected chi connectivity index (χ0v) is 8.12. The van der Waals surface area contributed by atoms with E-state index in [2.05, 4.69) is 10.3 Å². The predicted octanol–water partition coefficient (Wildman–Crippen LogP) is 0.412. The lowest BCUT2D eigenvalue weighted by Gasteiger charge is -2.15. The van der Waals surface area contributed by atoms with Crippen molar-refractivity contribution >= 4 is 30.6 Å². The monoisotopic (exact) mass is 210 g/mol. The zero-order chi connectivity index (χ0) is 6.97. The highest BCUT2D eigenvalue weighted by atomic mass is 35.5. The van der Waals surface area contributed by atoms with E-state index in [1.165, 1.54) is 0 Å². The molecule has 1 aromatic heterocycles. The highest BCUT2D eigenvalue weighted by molar-refractivity contribution is 5.85. The molecule has 2 rings (SSSR count). The molecule has 1 aromatic rings. The Morgan fingerprint density at radius 2 is 2.25 bits per heavy atom. The summed E-state index contributed by atoms with van der Waals surface area (Å²) in [6.45, 7) is 2.78. The van der Waals surface area contributed by atoms with Crippen LogP contribution in [-0.4, -0.2) is 16.1 Å². The van der Waals surface area contributed by atoms with Crippen LogP contribution in [0.5, 0.6) is 0 Å². The standard InChI is InChI=1S/C6H10N4.2ClH/c7-5-3-9-6-4-8-1-2-10(5)6;;/h3,8H,1-2,4,7H2;2*1H. The summed E-state index contributed by atoms with van der Waals surface area (Å²) in [5.74, 6) is 1.82. The van der Waals surface area contributed by atoms with Gasteiger partial charge in [0.2, 0.25) is 0 Å². The molecule has 1 aliphatic rings. The molecular formula is C6H12Cl2N4. The lowest BCUT2D eigenvalue weighted by molar-refractivity contribution is 0.509. The first-order chi connectivity index (χ1) is 4.88. The summed E-state index contributed by atoms with van der Waals surface area (Å²) in [6, 6.07) is 0. The van der Waals surface area contributed by atoms with Gasteiger partial charge in [0.15, 0.2) is 0 Å². The van der Waals surface area contributed by atoms with Gasteiger partial charge < -0.3 is 15.6 Å². The van der Waals surface area contributed by atoms with Crippen molar-refractivity contribution in [3.8, 4) is 0 Å². The fourth-order valence-electron chi connectivity index (χ4n) is 1.22. The van der Waals surface area contributed by atoms with E-state index in [-0.39, 0.29) is 24.8 Å². The van der Waals surface area contributed by atoms with Gasteiger partial charge in [-0.1, -0.05) is 0 Å². The number of aromatic nitrogens is 2. The van der Waals surface area contributed by atoms with E-state index in [4.69, 9.17) is 5.73 Å². The summed E-state index contributed by atoms with van der Waals surface area (Å²) in [4.78, 5) is 4.13. The van der Waals surface area contributed by atoms with Crippen LogP contribution in [0.25, 0.3) is 0 Å². The molecule has 0 saturated carbocycles. The van der Waals surface area contributed by atoms with E-state index in [1.54, 1.807) is 6.20 Å². The van der Waals surface area contributed by atoms with Gasteiger partial charge in [0.1, 0.15) is 11.6 Å². The van der Waals surface area contributed by atoms with Crippen molar-refractivity contribution in [3.05, 3.63) is 12.0 Å². The smallest absolute Gasteiger partial charge is 0.124 e. The summed E-state index contributed by atoms with van der Waals surface area (Å²) in [6.07, 6.45) is 1.71. The van der Waals surface area contributed by atoms with Gasteiger partial charge in [0.25, 0.3) is 0 Å². The van der Waals surface area contributed by atoms with E-state index in [1.807, 2.05) is 4.57 Å². The molecule has 0 atom stereocenters. The Kier molecular flexibility index (Phi) is 4.37. The highest BCUT2D eigenvalue weighted by Gasteiger charge is 2.10. The maximum Gasteiger partial charge on any atom is 0.124 e. The van der Waals surface area contributed by atoms with Crippen molar-refractivity contribution in [2.45, 2.75) is 13.1 Å². The van der Waals surface area contributed by atoms with Crippen molar-refractivity contribution in [3.63, 3.8) is 0 Å². The third-order valence-corrected chi connectivity index (χ3v) is 1.76. The first-order valence-corrected chi connectivity index (χ1v) is 3.38. The summed E-state index contributed by atoms with van der Waals surface area (Å²) in [5.41, 5.74) is 5.63. The van der Waals surface area contributed by atoms with Crippen LogP contribution in [0, 0.1) is 0 Å². The van der Waals surface area contributed by atoms with Crippen LogP contribution >= 0.6 is 24.8 Å². The first kappa shape index (κ1) is 11.6. The molecular weight excluding hydrogens is 199 g/mol. The second kappa shape index (κ2) is 4.54. The Hall–Kier alpha value is -0.450. The quantitative estimate of drug-likeness (QED) is 0.653. The van der Waals surface area contributed by atoms with Gasteiger partial charge in [0.05, 0.1) is 12.7 Å². The van der Waals surface area contributed by atoms with Crippen LogP contribution in [0.2, 0.25) is 0 Å². The Morgan fingerprint density at radius 3 is 2.92 bits per heavy atom. The topological polar surface area (TPSA) is 55.9 Å². The molecule has 3 N–H and O–H groups in total. The number of rotatable bonds is 0. The van der Waals surface area contributed by atoms with Crippen LogP contribution in [0.1, 0.15) is 5.82 Å². The molecule has 0 aliphatic carbocycles. The van der Waals surface area contributed by atoms with Gasteiger partial charge in [-0.2, -0.15) is 0 Å². The summed E-state index contributed by atoms with van der Waals surface area (Å²) < 4.78 is 2.04. The van der Waals surface area contributed by atoms with Crippen molar-refractivity contribution < 1.29 is 0 Å². The normalized spacial score (nSPS) is 14.0. The van der Waals surface area contributed by atoms with Crippen molar-refractivity contribution in [2.75, 3.05) is 12.3 Å². The van der Waals surface area contributed by atoms with Crippen LogP contribution < -0.4 is 11.1 Å². The molecule has 0 amide bonds. The summed E-state index contributed by atoms with van der Waals surface area (Å²) >= 11 is 0. The summed E-state index contributed by atoms with van der Waals surface area (Å²) in [7, 11) is 0. The van der Waals surface area contributed by atoms with E-state index in [9.17, 15) is 0 Å². The van der Waals surface area contributed by atoms with E-state index < -0.39 is 0 Å². The van der Waals surface area contributed by atoms with E-state index >= 15 is 0 Å². The molecule has 0 bridgehead atoms. The minimum absolute atomic E-state index is 0. The second-order valence-corrected chi connectivity index (χ2v) is 2.43. The SMILES string of the molecule is Cl.Cl.Nc1cnc2n1CCNC2. The predicted molar refractivity (Wildman–Crippen MR) is 52.8 cm³/mol. The molecule has 0 saturated heterocycles. The van der Waals surface area contributed by atoms with Crippen molar-refractivity contribution in [1.82, 2.24) is 14.9 Å². The molecule has 1 aliphatic heterocycles. The fraction of sp³-hybridized carbons (Fsp3) is 0.500. The van der Waals surface area contributed by atoms with E-state index in [0.717, 1.165) is 31.3 Å². The number of nitrogens with two attached hydrogens (primary N) is 1. The lowest BCUT2D eigenvalue weighted by atomic mass is 10.4. The van der Waals surface area contributed by atoms with Gasteiger partial charge in [-0.05, 0) is 0 Å². The Morgan fingerprint density at radius 1 is 1.50 bits per heavy atom. The first-order valence-electron chi connectivity index (χ1n) is 3.38. The van der Waals surface area contributed by atoms with Gasteiger partial charge in [-0.3, -0.25) is 0 Å². The lowest BCUT2D eigenvalue weighted by Crippen LogP contribution is -2.28. The molecule has 4 nitrogen and oxygen atoms in total. The minimum atomic E-state index is 0. The molecule has 0 unspecified atom stereocenters. The number of hydrogen-bond donors (Lipinski definition) is 2. The van der Waals surface area contributed by atoms with Crippen LogP contribution in [0.15, 0.2) is 6.20 Å². The van der Waals surface area contributed by atoms with Gasteiger partial charge in [-0.25, -0.2) is 4.98 Å². The number of halogens is 2.